The highest BCUT2D eigenvalue weighted by Crippen LogP contribution is 2.25. The molecular formula is C10H17N3O3. The maximum absolute atomic E-state index is 6.10. The van der Waals surface area contributed by atoms with Gasteiger partial charge < -0.3 is 19.7 Å². The van der Waals surface area contributed by atoms with Gasteiger partial charge in [-0.2, -0.15) is 4.98 Å². The Morgan fingerprint density at radius 2 is 2.44 bits per heavy atom. The predicted octanol–water partition coefficient (Wildman–Crippen LogP) is 0.223. The van der Waals surface area contributed by atoms with Crippen molar-refractivity contribution in [2.75, 3.05) is 26.4 Å². The van der Waals surface area contributed by atoms with Gasteiger partial charge in [-0.15, -0.1) is 0 Å². The van der Waals surface area contributed by atoms with E-state index in [1.54, 1.807) is 0 Å². The molecule has 0 saturated carbocycles. The zero-order valence-electron chi connectivity index (χ0n) is 9.44. The third-order valence-electron chi connectivity index (χ3n) is 2.62. The third-order valence-corrected chi connectivity index (χ3v) is 2.62. The molecule has 1 aliphatic heterocycles. The van der Waals surface area contributed by atoms with E-state index < -0.39 is 5.54 Å². The average molecular weight is 227 g/mol. The van der Waals surface area contributed by atoms with Crippen LogP contribution in [0.3, 0.4) is 0 Å². The number of nitrogens with two attached hydrogens (primary N) is 1. The predicted molar refractivity (Wildman–Crippen MR) is 55.8 cm³/mol. The van der Waals surface area contributed by atoms with E-state index in [1.807, 2.05) is 6.92 Å². The molecule has 1 atom stereocenters. The molecule has 1 fully saturated rings. The van der Waals surface area contributed by atoms with Crippen LogP contribution in [0.25, 0.3) is 0 Å². The Bertz CT molecular complexity index is 334. The van der Waals surface area contributed by atoms with E-state index in [9.17, 15) is 0 Å². The second-order valence-corrected chi connectivity index (χ2v) is 3.92. The van der Waals surface area contributed by atoms with E-state index in [2.05, 4.69) is 10.1 Å². The summed E-state index contributed by atoms with van der Waals surface area (Å²) >= 11 is 0. The van der Waals surface area contributed by atoms with E-state index in [0.717, 1.165) is 6.42 Å². The lowest BCUT2D eigenvalue weighted by Crippen LogP contribution is -2.37. The van der Waals surface area contributed by atoms with Crippen LogP contribution >= 0.6 is 0 Å². The van der Waals surface area contributed by atoms with Gasteiger partial charge in [-0.25, -0.2) is 0 Å². The minimum atomic E-state index is -0.600. The van der Waals surface area contributed by atoms with E-state index in [-0.39, 0.29) is 0 Å². The van der Waals surface area contributed by atoms with Crippen molar-refractivity contribution in [3.8, 4) is 0 Å². The van der Waals surface area contributed by atoms with Crippen LogP contribution in [-0.4, -0.2) is 36.6 Å². The first kappa shape index (κ1) is 11.5. The monoisotopic (exact) mass is 227 g/mol. The number of nitrogens with zero attached hydrogens (tertiary/aromatic N) is 2. The summed E-state index contributed by atoms with van der Waals surface area (Å²) in [7, 11) is 0. The van der Waals surface area contributed by atoms with Crippen molar-refractivity contribution in [1.29, 1.82) is 0 Å². The average Bonchev–Trinajstić information content (AvgIpc) is 2.88. The molecule has 6 nitrogen and oxygen atoms in total. The topological polar surface area (TPSA) is 83.4 Å². The Kier molecular flexibility index (Phi) is 3.52. The van der Waals surface area contributed by atoms with Crippen molar-refractivity contribution in [2.24, 2.45) is 5.73 Å². The van der Waals surface area contributed by atoms with Crippen molar-refractivity contribution in [2.45, 2.75) is 25.3 Å². The van der Waals surface area contributed by atoms with Crippen LogP contribution < -0.4 is 5.73 Å². The zero-order chi connectivity index (χ0) is 11.4. The summed E-state index contributed by atoms with van der Waals surface area (Å²) < 4.78 is 15.6. The minimum absolute atomic E-state index is 0.445. The molecule has 1 aromatic heterocycles. The van der Waals surface area contributed by atoms with Gasteiger partial charge in [0, 0.05) is 19.6 Å². The van der Waals surface area contributed by atoms with Crippen LogP contribution in [0.4, 0.5) is 0 Å². The largest absolute Gasteiger partial charge is 0.381 e. The van der Waals surface area contributed by atoms with Crippen LogP contribution in [-0.2, 0) is 21.4 Å². The molecule has 0 aliphatic carbocycles. The van der Waals surface area contributed by atoms with Crippen LogP contribution in [0.5, 0.6) is 0 Å². The summed E-state index contributed by atoms with van der Waals surface area (Å²) in [5.74, 6) is 1.11. The van der Waals surface area contributed by atoms with Gasteiger partial charge in [-0.1, -0.05) is 5.16 Å². The second kappa shape index (κ2) is 4.90. The summed E-state index contributed by atoms with van der Waals surface area (Å²) in [6, 6.07) is 0. The van der Waals surface area contributed by atoms with Gasteiger partial charge in [0.2, 0.25) is 5.89 Å². The first-order chi connectivity index (χ1) is 7.74. The molecule has 0 aromatic carbocycles. The maximum atomic E-state index is 6.10. The van der Waals surface area contributed by atoms with Crippen molar-refractivity contribution < 1.29 is 14.0 Å². The molecule has 1 saturated heterocycles. The lowest BCUT2D eigenvalue weighted by atomic mass is 10.0. The Morgan fingerprint density at radius 1 is 1.56 bits per heavy atom. The lowest BCUT2D eigenvalue weighted by molar-refractivity contribution is 0.149. The van der Waals surface area contributed by atoms with Crippen molar-refractivity contribution in [3.05, 3.63) is 11.7 Å². The molecule has 1 aliphatic rings. The number of aromatic nitrogens is 2. The van der Waals surface area contributed by atoms with E-state index in [1.165, 1.54) is 0 Å². The van der Waals surface area contributed by atoms with Gasteiger partial charge in [0.25, 0.3) is 0 Å². The minimum Gasteiger partial charge on any atom is -0.381 e. The van der Waals surface area contributed by atoms with Gasteiger partial charge in [-0.05, 0) is 13.3 Å². The molecule has 0 spiro atoms. The van der Waals surface area contributed by atoms with Crippen LogP contribution in [0, 0.1) is 0 Å². The summed E-state index contributed by atoms with van der Waals surface area (Å²) in [5.41, 5.74) is 5.50. The van der Waals surface area contributed by atoms with Gasteiger partial charge in [-0.3, -0.25) is 0 Å². The molecule has 1 unspecified atom stereocenters. The quantitative estimate of drug-likeness (QED) is 0.724. The fourth-order valence-corrected chi connectivity index (χ4v) is 1.61. The van der Waals surface area contributed by atoms with Gasteiger partial charge >= 0.3 is 0 Å². The van der Waals surface area contributed by atoms with Gasteiger partial charge in [0.1, 0.15) is 5.54 Å². The Balaban J connectivity index is 1.96. The third kappa shape index (κ3) is 2.40. The van der Waals surface area contributed by atoms with Crippen molar-refractivity contribution in [3.63, 3.8) is 0 Å². The molecule has 1 aromatic rings. The van der Waals surface area contributed by atoms with E-state index in [4.69, 9.17) is 19.7 Å². The zero-order valence-corrected chi connectivity index (χ0v) is 9.44. The highest BCUT2D eigenvalue weighted by Gasteiger charge is 2.37. The first-order valence-corrected chi connectivity index (χ1v) is 5.52. The lowest BCUT2D eigenvalue weighted by Gasteiger charge is -2.14. The number of ether oxygens (including phenoxy) is 2. The SMILES string of the molecule is CCOCCc1noc(C2(N)CCOC2)n1. The molecule has 2 rings (SSSR count). The van der Waals surface area contributed by atoms with Crippen LogP contribution in [0.15, 0.2) is 4.52 Å². The molecule has 2 N–H and O–H groups in total. The van der Waals surface area contributed by atoms with Crippen LogP contribution in [0.1, 0.15) is 25.1 Å². The molecule has 6 heteroatoms. The van der Waals surface area contributed by atoms with Crippen molar-refractivity contribution >= 4 is 0 Å². The van der Waals surface area contributed by atoms with Gasteiger partial charge in [0.05, 0.1) is 13.2 Å². The molecule has 90 valence electrons. The number of hydrogen-bond acceptors (Lipinski definition) is 6. The normalized spacial score (nSPS) is 25.1. The Labute approximate surface area is 94.1 Å². The van der Waals surface area contributed by atoms with E-state index >= 15 is 0 Å². The van der Waals surface area contributed by atoms with Crippen molar-refractivity contribution in [1.82, 2.24) is 10.1 Å². The Hall–Kier alpha value is -0.980. The summed E-state index contributed by atoms with van der Waals surface area (Å²) in [5, 5.41) is 3.88. The fraction of sp³-hybridized carbons (Fsp3) is 0.800. The molecule has 0 bridgehead atoms. The number of hydrogen-bond donors (Lipinski definition) is 1. The summed E-state index contributed by atoms with van der Waals surface area (Å²) in [6.45, 7) is 4.34. The molecular weight excluding hydrogens is 210 g/mol. The second-order valence-electron chi connectivity index (χ2n) is 3.92. The fourth-order valence-electron chi connectivity index (χ4n) is 1.61. The number of rotatable bonds is 5. The highest BCUT2D eigenvalue weighted by atomic mass is 16.5. The van der Waals surface area contributed by atoms with E-state index in [0.29, 0.717) is 44.6 Å². The van der Waals surface area contributed by atoms with Gasteiger partial charge in [0.15, 0.2) is 5.82 Å². The smallest absolute Gasteiger partial charge is 0.249 e. The maximum Gasteiger partial charge on any atom is 0.249 e. The summed E-state index contributed by atoms with van der Waals surface area (Å²) in [6.07, 6.45) is 1.37. The summed E-state index contributed by atoms with van der Waals surface area (Å²) in [4.78, 5) is 4.27. The highest BCUT2D eigenvalue weighted by molar-refractivity contribution is 5.04. The Morgan fingerprint density at radius 3 is 3.12 bits per heavy atom. The van der Waals surface area contributed by atoms with Crippen LogP contribution in [0.2, 0.25) is 0 Å². The first-order valence-electron chi connectivity index (χ1n) is 5.52. The molecule has 0 radical (unpaired) electrons. The standard InChI is InChI=1S/C10H17N3O3/c1-2-14-5-3-8-12-9(16-13-8)10(11)4-6-15-7-10/h2-7,11H2,1H3. The molecule has 2 heterocycles. The molecule has 0 amide bonds. The molecule has 16 heavy (non-hydrogen) atoms.